The van der Waals surface area contributed by atoms with Crippen LogP contribution in [0.2, 0.25) is 0 Å². The maximum absolute atomic E-state index is 12.2. The summed E-state index contributed by atoms with van der Waals surface area (Å²) in [6.07, 6.45) is 0. The number of carbonyl (C=O) groups excluding carboxylic acids is 2. The highest BCUT2D eigenvalue weighted by molar-refractivity contribution is 6.00. The van der Waals surface area contributed by atoms with Gasteiger partial charge in [-0.05, 0) is 18.6 Å². The van der Waals surface area contributed by atoms with Crippen LogP contribution < -0.4 is 15.5 Å². The van der Waals surface area contributed by atoms with Gasteiger partial charge in [-0.25, -0.2) is 0 Å². The molecular formula is C15H21N3O3. The number of carbonyl (C=O) groups is 2. The van der Waals surface area contributed by atoms with Gasteiger partial charge in [0.15, 0.2) is 0 Å². The molecule has 1 unspecified atom stereocenters. The van der Waals surface area contributed by atoms with Crippen LogP contribution in [0.25, 0.3) is 0 Å². The van der Waals surface area contributed by atoms with Crippen molar-refractivity contribution in [2.45, 2.75) is 19.5 Å². The normalized spacial score (nSPS) is 16.1. The van der Waals surface area contributed by atoms with Gasteiger partial charge in [0.25, 0.3) is 0 Å². The van der Waals surface area contributed by atoms with E-state index in [9.17, 15) is 9.59 Å². The molecule has 0 saturated heterocycles. The lowest BCUT2D eigenvalue weighted by Crippen LogP contribution is -2.46. The molecule has 114 valence electrons. The van der Waals surface area contributed by atoms with Gasteiger partial charge in [0.2, 0.25) is 11.8 Å². The summed E-state index contributed by atoms with van der Waals surface area (Å²) in [6.45, 7) is 3.18. The molecule has 0 aliphatic carbocycles. The zero-order valence-electron chi connectivity index (χ0n) is 12.4. The van der Waals surface area contributed by atoms with Crippen molar-refractivity contribution in [1.82, 2.24) is 10.6 Å². The van der Waals surface area contributed by atoms with Crippen LogP contribution in [0.4, 0.5) is 5.69 Å². The highest BCUT2D eigenvalue weighted by atomic mass is 16.5. The molecule has 1 aromatic carbocycles. The Morgan fingerprint density at radius 2 is 2.19 bits per heavy atom. The quantitative estimate of drug-likeness (QED) is 0.817. The predicted octanol–water partition coefficient (Wildman–Crippen LogP) is 0.274. The fourth-order valence-electron chi connectivity index (χ4n) is 2.39. The van der Waals surface area contributed by atoms with Crippen molar-refractivity contribution in [3.63, 3.8) is 0 Å². The average molecular weight is 291 g/mol. The van der Waals surface area contributed by atoms with Gasteiger partial charge < -0.3 is 20.3 Å². The first kappa shape index (κ1) is 15.5. The van der Waals surface area contributed by atoms with E-state index in [0.717, 1.165) is 11.3 Å². The van der Waals surface area contributed by atoms with E-state index in [1.807, 2.05) is 31.2 Å². The summed E-state index contributed by atoms with van der Waals surface area (Å²) in [7, 11) is 1.59. The number of nitrogens with one attached hydrogen (secondary N) is 2. The topological polar surface area (TPSA) is 70.7 Å². The van der Waals surface area contributed by atoms with Crippen molar-refractivity contribution in [1.29, 1.82) is 0 Å². The lowest BCUT2D eigenvalue weighted by atomic mass is 10.1. The molecule has 1 heterocycles. The molecular weight excluding hydrogens is 270 g/mol. The van der Waals surface area contributed by atoms with Crippen LogP contribution in [0.3, 0.4) is 0 Å². The molecule has 2 rings (SSSR count). The van der Waals surface area contributed by atoms with Crippen LogP contribution in [0, 0.1) is 0 Å². The Labute approximate surface area is 124 Å². The van der Waals surface area contributed by atoms with Crippen LogP contribution in [0.5, 0.6) is 0 Å². The van der Waals surface area contributed by atoms with Crippen LogP contribution in [0.1, 0.15) is 12.5 Å². The van der Waals surface area contributed by atoms with E-state index in [2.05, 4.69) is 10.6 Å². The first-order chi connectivity index (χ1) is 10.1. The Kier molecular flexibility index (Phi) is 5.30. The molecule has 2 N–H and O–H groups in total. The van der Waals surface area contributed by atoms with Crippen molar-refractivity contribution in [2.24, 2.45) is 0 Å². The van der Waals surface area contributed by atoms with Crippen LogP contribution >= 0.6 is 0 Å². The number of benzene rings is 1. The number of anilines is 1. The Morgan fingerprint density at radius 1 is 1.43 bits per heavy atom. The van der Waals surface area contributed by atoms with Crippen LogP contribution in [-0.2, 0) is 20.9 Å². The molecule has 21 heavy (non-hydrogen) atoms. The number of rotatable bonds is 5. The standard InChI is InChI=1S/C15H21N3O3/c1-11(10-21-2)17-14(19)9-18-13-6-4-3-5-12(13)7-16-8-15(18)20/h3-6,11,16H,7-10H2,1-2H3,(H,17,19). The third-order valence-electron chi connectivity index (χ3n) is 3.30. The zero-order chi connectivity index (χ0) is 15.2. The Balaban J connectivity index is 2.10. The van der Waals surface area contributed by atoms with Gasteiger partial charge in [0, 0.05) is 25.4 Å². The molecule has 0 aromatic heterocycles. The fourth-order valence-corrected chi connectivity index (χ4v) is 2.39. The second kappa shape index (κ2) is 7.19. The monoisotopic (exact) mass is 291 g/mol. The van der Waals surface area contributed by atoms with Crippen molar-refractivity contribution in [2.75, 3.05) is 31.7 Å². The summed E-state index contributed by atoms with van der Waals surface area (Å²) in [4.78, 5) is 25.8. The van der Waals surface area contributed by atoms with E-state index in [-0.39, 0.29) is 30.9 Å². The number of ether oxygens (including phenoxy) is 1. The van der Waals surface area contributed by atoms with Gasteiger partial charge in [0.1, 0.15) is 6.54 Å². The maximum atomic E-state index is 12.2. The molecule has 6 nitrogen and oxygen atoms in total. The summed E-state index contributed by atoms with van der Waals surface area (Å²) in [5, 5.41) is 5.90. The van der Waals surface area contributed by atoms with Gasteiger partial charge in [0.05, 0.1) is 13.2 Å². The number of amides is 2. The van der Waals surface area contributed by atoms with E-state index in [4.69, 9.17) is 4.74 Å². The Bertz CT molecular complexity index is 519. The Hall–Kier alpha value is -1.92. The molecule has 1 aliphatic rings. The number of hydrogen-bond donors (Lipinski definition) is 2. The maximum Gasteiger partial charge on any atom is 0.241 e. The molecule has 0 bridgehead atoms. The Morgan fingerprint density at radius 3 is 2.95 bits per heavy atom. The first-order valence-electron chi connectivity index (χ1n) is 6.99. The molecule has 0 fully saturated rings. The SMILES string of the molecule is COCC(C)NC(=O)CN1C(=O)CNCc2ccccc21. The van der Waals surface area contributed by atoms with E-state index in [1.54, 1.807) is 7.11 Å². The van der Waals surface area contributed by atoms with Crippen molar-refractivity contribution in [3.05, 3.63) is 29.8 Å². The smallest absolute Gasteiger partial charge is 0.241 e. The second-order valence-electron chi connectivity index (χ2n) is 5.14. The van der Waals surface area contributed by atoms with Crippen LogP contribution in [0.15, 0.2) is 24.3 Å². The van der Waals surface area contributed by atoms with E-state index in [1.165, 1.54) is 4.90 Å². The zero-order valence-corrected chi connectivity index (χ0v) is 12.4. The highest BCUT2D eigenvalue weighted by Gasteiger charge is 2.24. The number of hydrogen-bond acceptors (Lipinski definition) is 4. The van der Waals surface area contributed by atoms with Gasteiger partial charge in [-0.3, -0.25) is 9.59 Å². The van der Waals surface area contributed by atoms with Gasteiger partial charge >= 0.3 is 0 Å². The summed E-state index contributed by atoms with van der Waals surface area (Å²) >= 11 is 0. The summed E-state index contributed by atoms with van der Waals surface area (Å²) in [5.41, 5.74) is 1.81. The first-order valence-corrected chi connectivity index (χ1v) is 6.99. The average Bonchev–Trinajstić information content (AvgIpc) is 2.59. The van der Waals surface area contributed by atoms with Gasteiger partial charge in [-0.15, -0.1) is 0 Å². The number of para-hydroxylation sites is 1. The van der Waals surface area contributed by atoms with Crippen LogP contribution in [-0.4, -0.2) is 44.7 Å². The van der Waals surface area contributed by atoms with Crippen molar-refractivity contribution >= 4 is 17.5 Å². The highest BCUT2D eigenvalue weighted by Crippen LogP contribution is 2.22. The molecule has 0 radical (unpaired) electrons. The summed E-state index contributed by atoms with van der Waals surface area (Å²) < 4.78 is 4.99. The summed E-state index contributed by atoms with van der Waals surface area (Å²) in [6, 6.07) is 7.54. The molecule has 0 saturated carbocycles. The predicted molar refractivity (Wildman–Crippen MR) is 80.0 cm³/mol. The van der Waals surface area contributed by atoms with E-state index in [0.29, 0.717) is 13.2 Å². The molecule has 6 heteroatoms. The minimum absolute atomic E-state index is 0.0194. The van der Waals surface area contributed by atoms with Crippen molar-refractivity contribution < 1.29 is 14.3 Å². The van der Waals surface area contributed by atoms with E-state index < -0.39 is 0 Å². The number of nitrogens with zero attached hydrogens (tertiary/aromatic N) is 1. The number of methoxy groups -OCH3 is 1. The lowest BCUT2D eigenvalue weighted by Gasteiger charge is -2.23. The second-order valence-corrected chi connectivity index (χ2v) is 5.14. The lowest BCUT2D eigenvalue weighted by molar-refractivity contribution is -0.124. The third-order valence-corrected chi connectivity index (χ3v) is 3.30. The molecule has 1 atom stereocenters. The van der Waals surface area contributed by atoms with Gasteiger partial charge in [-0.2, -0.15) is 0 Å². The minimum atomic E-state index is -0.190. The molecule has 1 aromatic rings. The van der Waals surface area contributed by atoms with Crippen molar-refractivity contribution in [3.8, 4) is 0 Å². The van der Waals surface area contributed by atoms with E-state index >= 15 is 0 Å². The molecule has 1 aliphatic heterocycles. The molecule has 0 spiro atoms. The number of fused-ring (bicyclic) bond motifs is 1. The minimum Gasteiger partial charge on any atom is -0.383 e. The van der Waals surface area contributed by atoms with Gasteiger partial charge in [-0.1, -0.05) is 18.2 Å². The third kappa shape index (κ3) is 4.03. The fraction of sp³-hybridized carbons (Fsp3) is 0.467. The molecule has 2 amide bonds. The summed E-state index contributed by atoms with van der Waals surface area (Å²) in [5.74, 6) is -0.293. The largest absolute Gasteiger partial charge is 0.383 e.